The number of hydrogen-bond acceptors (Lipinski definition) is 6. The Morgan fingerprint density at radius 1 is 1.22 bits per heavy atom. The fourth-order valence-corrected chi connectivity index (χ4v) is 5.06. The Balaban J connectivity index is 1.51. The van der Waals surface area contributed by atoms with Crippen LogP contribution in [-0.4, -0.2) is 107 Å². The van der Waals surface area contributed by atoms with Crippen LogP contribution >= 0.6 is 0 Å². The SMILES string of the molecule is COCCN1C(=O)[C@H]2CN(C)CCN2C12CCN(Cc1cncn1C)CC2. The number of ether oxygens (including phenoxy) is 1. The molecule has 1 aromatic heterocycles. The fourth-order valence-electron chi connectivity index (χ4n) is 5.06. The minimum Gasteiger partial charge on any atom is -0.383 e. The number of aryl methyl sites for hydroxylation is 1. The first-order valence-corrected chi connectivity index (χ1v) is 9.98. The zero-order valence-corrected chi connectivity index (χ0v) is 16.8. The molecule has 150 valence electrons. The van der Waals surface area contributed by atoms with Gasteiger partial charge in [0.25, 0.3) is 0 Å². The minimum atomic E-state index is -0.134. The number of nitrogens with zero attached hydrogens (tertiary/aromatic N) is 6. The van der Waals surface area contributed by atoms with Crippen molar-refractivity contribution in [2.24, 2.45) is 7.05 Å². The number of hydrogen-bond donors (Lipinski definition) is 0. The summed E-state index contributed by atoms with van der Waals surface area (Å²) in [5, 5.41) is 0. The van der Waals surface area contributed by atoms with Crippen LogP contribution < -0.4 is 0 Å². The molecule has 1 aromatic rings. The van der Waals surface area contributed by atoms with Gasteiger partial charge in [-0.05, 0) is 19.9 Å². The Kier molecular flexibility index (Phi) is 5.24. The monoisotopic (exact) mass is 376 g/mol. The third kappa shape index (κ3) is 3.29. The molecule has 0 radical (unpaired) electrons. The van der Waals surface area contributed by atoms with Gasteiger partial charge in [-0.1, -0.05) is 0 Å². The summed E-state index contributed by atoms with van der Waals surface area (Å²) in [5.41, 5.74) is 1.10. The number of amides is 1. The largest absolute Gasteiger partial charge is 0.383 e. The molecule has 4 heterocycles. The van der Waals surface area contributed by atoms with Gasteiger partial charge in [0.2, 0.25) is 5.91 Å². The van der Waals surface area contributed by atoms with Crippen molar-refractivity contribution < 1.29 is 9.53 Å². The first kappa shape index (κ1) is 18.9. The lowest BCUT2D eigenvalue weighted by Crippen LogP contribution is -2.63. The lowest BCUT2D eigenvalue weighted by molar-refractivity contribution is -0.135. The highest BCUT2D eigenvalue weighted by molar-refractivity contribution is 5.85. The third-order valence-electron chi connectivity index (χ3n) is 6.65. The van der Waals surface area contributed by atoms with Crippen LogP contribution in [0, 0.1) is 0 Å². The first-order valence-electron chi connectivity index (χ1n) is 9.98. The molecule has 3 fully saturated rings. The van der Waals surface area contributed by atoms with Crippen LogP contribution in [0.25, 0.3) is 0 Å². The van der Waals surface area contributed by atoms with Gasteiger partial charge in [0.15, 0.2) is 0 Å². The van der Waals surface area contributed by atoms with Gasteiger partial charge in [-0.2, -0.15) is 0 Å². The second kappa shape index (κ2) is 7.50. The van der Waals surface area contributed by atoms with Crippen molar-refractivity contribution in [2.75, 3.05) is 60.0 Å². The maximum absolute atomic E-state index is 13.2. The van der Waals surface area contributed by atoms with E-state index < -0.39 is 0 Å². The van der Waals surface area contributed by atoms with E-state index in [9.17, 15) is 4.79 Å². The fraction of sp³-hybridized carbons (Fsp3) is 0.789. The van der Waals surface area contributed by atoms with Crippen LogP contribution in [-0.2, 0) is 23.1 Å². The highest BCUT2D eigenvalue weighted by Crippen LogP contribution is 2.41. The minimum absolute atomic E-state index is 0.00392. The highest BCUT2D eigenvalue weighted by Gasteiger charge is 2.57. The molecule has 1 amide bonds. The topological polar surface area (TPSA) is 57.1 Å². The molecule has 0 N–H and O–H groups in total. The molecule has 4 rings (SSSR count). The molecule has 27 heavy (non-hydrogen) atoms. The number of carbonyl (C=O) groups is 1. The molecule has 0 bridgehead atoms. The van der Waals surface area contributed by atoms with E-state index in [1.807, 2.05) is 19.6 Å². The van der Waals surface area contributed by atoms with Crippen molar-refractivity contribution >= 4 is 5.91 Å². The van der Waals surface area contributed by atoms with Crippen molar-refractivity contribution in [3.63, 3.8) is 0 Å². The van der Waals surface area contributed by atoms with Gasteiger partial charge in [-0.15, -0.1) is 0 Å². The lowest BCUT2D eigenvalue weighted by atomic mass is 9.93. The number of carbonyl (C=O) groups excluding carboxylic acids is 1. The van der Waals surface area contributed by atoms with Crippen LogP contribution in [0.1, 0.15) is 18.5 Å². The maximum atomic E-state index is 13.2. The Morgan fingerprint density at radius 3 is 2.67 bits per heavy atom. The van der Waals surface area contributed by atoms with Crippen molar-refractivity contribution in [2.45, 2.75) is 31.1 Å². The zero-order chi connectivity index (χ0) is 19.0. The molecular formula is C19H32N6O2. The summed E-state index contributed by atoms with van der Waals surface area (Å²) in [4.78, 5) is 26.9. The van der Waals surface area contributed by atoms with Crippen LogP contribution in [0.2, 0.25) is 0 Å². The molecule has 0 saturated carbocycles. The number of methoxy groups -OCH3 is 1. The summed E-state index contributed by atoms with van der Waals surface area (Å²) in [6.07, 6.45) is 5.81. The normalized spacial score (nSPS) is 26.9. The van der Waals surface area contributed by atoms with E-state index in [2.05, 4.69) is 36.2 Å². The van der Waals surface area contributed by atoms with Gasteiger partial charge < -0.3 is 19.1 Å². The molecule has 3 aliphatic rings. The molecule has 1 spiro atoms. The third-order valence-corrected chi connectivity index (χ3v) is 6.65. The predicted octanol–water partition coefficient (Wildman–Crippen LogP) is -0.183. The van der Waals surface area contributed by atoms with E-state index in [0.29, 0.717) is 19.1 Å². The molecular weight excluding hydrogens is 344 g/mol. The Morgan fingerprint density at radius 2 is 2.00 bits per heavy atom. The van der Waals surface area contributed by atoms with Crippen molar-refractivity contribution in [3.8, 4) is 0 Å². The van der Waals surface area contributed by atoms with Crippen molar-refractivity contribution in [1.29, 1.82) is 0 Å². The number of aromatic nitrogens is 2. The number of likely N-dealkylation sites (N-methyl/N-ethyl adjacent to an activating group) is 1. The lowest BCUT2D eigenvalue weighted by Gasteiger charge is -2.50. The number of rotatable bonds is 5. The number of fused-ring (bicyclic) bond motifs is 2. The number of piperidine rings is 1. The van der Waals surface area contributed by atoms with Gasteiger partial charge in [-0.25, -0.2) is 4.98 Å². The molecule has 3 aliphatic heterocycles. The smallest absolute Gasteiger partial charge is 0.242 e. The zero-order valence-electron chi connectivity index (χ0n) is 16.8. The van der Waals surface area contributed by atoms with E-state index in [1.54, 1.807) is 7.11 Å². The summed E-state index contributed by atoms with van der Waals surface area (Å²) in [5.74, 6) is 0.290. The molecule has 1 atom stereocenters. The summed E-state index contributed by atoms with van der Waals surface area (Å²) >= 11 is 0. The van der Waals surface area contributed by atoms with Gasteiger partial charge in [0.05, 0.1) is 24.3 Å². The standard InChI is InChI=1S/C19H32N6O2/c1-21-8-9-24-17(14-21)18(26)25(10-11-27-3)19(24)4-6-23(7-5-19)13-16-12-20-15-22(16)2/h12,15,17H,4-11,13-14H2,1-3H3/t17-/m1/s1. The van der Waals surface area contributed by atoms with Gasteiger partial charge in [0.1, 0.15) is 6.04 Å². The van der Waals surface area contributed by atoms with E-state index in [0.717, 1.165) is 52.1 Å². The average Bonchev–Trinajstić information content (AvgIpc) is 3.16. The van der Waals surface area contributed by atoms with E-state index in [4.69, 9.17) is 4.74 Å². The Labute approximate surface area is 161 Å². The maximum Gasteiger partial charge on any atom is 0.242 e. The molecule has 3 saturated heterocycles. The number of likely N-dealkylation sites (tertiary alicyclic amines) is 1. The average molecular weight is 377 g/mol. The second-order valence-corrected chi connectivity index (χ2v) is 8.21. The van der Waals surface area contributed by atoms with Crippen molar-refractivity contribution in [3.05, 3.63) is 18.2 Å². The molecule has 0 aromatic carbocycles. The van der Waals surface area contributed by atoms with Gasteiger partial charge in [-0.3, -0.25) is 14.6 Å². The van der Waals surface area contributed by atoms with E-state index >= 15 is 0 Å². The predicted molar refractivity (Wildman–Crippen MR) is 102 cm³/mol. The Hall–Kier alpha value is -1.48. The molecule has 8 nitrogen and oxygen atoms in total. The number of piperazine rings is 1. The van der Waals surface area contributed by atoms with Gasteiger partial charge in [0, 0.05) is 66.2 Å². The van der Waals surface area contributed by atoms with Gasteiger partial charge >= 0.3 is 0 Å². The van der Waals surface area contributed by atoms with E-state index in [1.165, 1.54) is 5.69 Å². The molecule has 8 heteroatoms. The quantitative estimate of drug-likeness (QED) is 0.711. The summed E-state index contributed by atoms with van der Waals surface area (Å²) in [6.45, 7) is 7.05. The Bertz CT molecular complexity index is 669. The molecule has 0 unspecified atom stereocenters. The highest BCUT2D eigenvalue weighted by atomic mass is 16.5. The van der Waals surface area contributed by atoms with Crippen LogP contribution in [0.3, 0.4) is 0 Å². The van der Waals surface area contributed by atoms with Crippen LogP contribution in [0.5, 0.6) is 0 Å². The summed E-state index contributed by atoms with van der Waals surface area (Å²) < 4.78 is 7.41. The van der Waals surface area contributed by atoms with Crippen LogP contribution in [0.15, 0.2) is 12.5 Å². The summed E-state index contributed by atoms with van der Waals surface area (Å²) in [6, 6.07) is 0.00392. The number of imidazole rings is 1. The van der Waals surface area contributed by atoms with Crippen molar-refractivity contribution in [1.82, 2.24) is 29.2 Å². The van der Waals surface area contributed by atoms with Crippen LogP contribution in [0.4, 0.5) is 0 Å². The second-order valence-electron chi connectivity index (χ2n) is 8.21. The summed E-state index contributed by atoms with van der Waals surface area (Å²) in [7, 11) is 5.88. The van der Waals surface area contributed by atoms with E-state index in [-0.39, 0.29) is 11.7 Å². The molecule has 0 aliphatic carbocycles. The first-order chi connectivity index (χ1) is 13.0.